The van der Waals surface area contributed by atoms with Gasteiger partial charge in [0.2, 0.25) is 11.6 Å². The van der Waals surface area contributed by atoms with E-state index in [-0.39, 0.29) is 5.91 Å². The Bertz CT molecular complexity index is 1320. The molecule has 178 valence electrons. The highest BCUT2D eigenvalue weighted by atomic mass is 16.5. The average molecular weight is 473 g/mol. The van der Waals surface area contributed by atoms with Crippen LogP contribution in [-0.2, 0) is 6.54 Å². The summed E-state index contributed by atoms with van der Waals surface area (Å²) in [6, 6.07) is 20.2. The van der Waals surface area contributed by atoms with Crippen molar-refractivity contribution < 1.29 is 19.0 Å². The van der Waals surface area contributed by atoms with Crippen LogP contribution in [0.15, 0.2) is 71.8 Å². The largest absolute Gasteiger partial charge is 0.493 e. The van der Waals surface area contributed by atoms with Crippen molar-refractivity contribution in [3.05, 3.63) is 83.4 Å². The number of benzene rings is 3. The number of nitrogens with one attached hydrogen (secondary N) is 1. The van der Waals surface area contributed by atoms with Crippen LogP contribution in [0.2, 0.25) is 0 Å². The van der Waals surface area contributed by atoms with E-state index < -0.39 is 0 Å². The summed E-state index contributed by atoms with van der Waals surface area (Å²) in [5, 5.41) is 16.7. The number of methoxy groups -OCH3 is 3. The van der Waals surface area contributed by atoms with Crippen LogP contribution < -0.4 is 19.6 Å². The topological polar surface area (TPSA) is 113 Å². The number of tetrazole rings is 1. The standard InChI is InChI=1S/C25H24N6O4/c1-33-21-14-13-20(22(34-2)23(21)35-3)15-26-28-25(32)19-11-9-17(10-12-19)16-31-29-24(27-30-31)18-7-5-4-6-8-18/h4-15H,16H2,1-3H3,(H,28,32)/b26-15-. The number of hydrogen-bond donors (Lipinski definition) is 1. The molecule has 0 spiro atoms. The van der Waals surface area contributed by atoms with Gasteiger partial charge in [-0.15, -0.1) is 10.2 Å². The third kappa shape index (κ3) is 5.44. The predicted molar refractivity (Wildman–Crippen MR) is 130 cm³/mol. The van der Waals surface area contributed by atoms with Gasteiger partial charge in [0.25, 0.3) is 5.91 Å². The van der Waals surface area contributed by atoms with E-state index in [9.17, 15) is 4.79 Å². The van der Waals surface area contributed by atoms with Gasteiger partial charge in [0.1, 0.15) is 0 Å². The molecule has 3 aromatic carbocycles. The van der Waals surface area contributed by atoms with Crippen LogP contribution in [-0.4, -0.2) is 53.7 Å². The Kier molecular flexibility index (Phi) is 7.31. The first-order chi connectivity index (χ1) is 17.1. The first-order valence-corrected chi connectivity index (χ1v) is 10.7. The van der Waals surface area contributed by atoms with Gasteiger partial charge in [-0.25, -0.2) is 5.43 Å². The molecule has 0 aliphatic rings. The molecule has 0 atom stereocenters. The van der Waals surface area contributed by atoms with Crippen molar-refractivity contribution in [2.24, 2.45) is 5.10 Å². The van der Waals surface area contributed by atoms with E-state index in [1.807, 2.05) is 42.5 Å². The van der Waals surface area contributed by atoms with Crippen LogP contribution in [0.3, 0.4) is 0 Å². The van der Waals surface area contributed by atoms with Crippen molar-refractivity contribution in [1.29, 1.82) is 0 Å². The van der Waals surface area contributed by atoms with Gasteiger partial charge in [0.05, 0.1) is 34.1 Å². The molecule has 0 bridgehead atoms. The lowest BCUT2D eigenvalue weighted by molar-refractivity contribution is 0.0955. The molecule has 1 heterocycles. The maximum atomic E-state index is 12.5. The number of amides is 1. The minimum absolute atomic E-state index is 0.350. The molecule has 0 aliphatic carbocycles. The smallest absolute Gasteiger partial charge is 0.271 e. The molecule has 0 unspecified atom stereocenters. The molecule has 1 aromatic heterocycles. The molecule has 10 heteroatoms. The van der Waals surface area contributed by atoms with E-state index >= 15 is 0 Å². The number of carbonyl (C=O) groups is 1. The van der Waals surface area contributed by atoms with E-state index in [0.717, 1.165) is 11.1 Å². The van der Waals surface area contributed by atoms with Gasteiger partial charge in [-0.1, -0.05) is 42.5 Å². The number of rotatable bonds is 9. The zero-order valence-corrected chi connectivity index (χ0v) is 19.5. The van der Waals surface area contributed by atoms with Crippen LogP contribution in [0.1, 0.15) is 21.5 Å². The van der Waals surface area contributed by atoms with Gasteiger partial charge >= 0.3 is 0 Å². The van der Waals surface area contributed by atoms with Gasteiger partial charge in [0.15, 0.2) is 11.5 Å². The molecule has 1 amide bonds. The summed E-state index contributed by atoms with van der Waals surface area (Å²) >= 11 is 0. The van der Waals surface area contributed by atoms with Crippen molar-refractivity contribution in [3.63, 3.8) is 0 Å². The lowest BCUT2D eigenvalue weighted by atomic mass is 10.1. The quantitative estimate of drug-likeness (QED) is 0.294. The second kappa shape index (κ2) is 10.9. The Labute approximate surface area is 202 Å². The number of carbonyl (C=O) groups excluding carboxylic acids is 1. The normalized spacial score (nSPS) is 10.8. The number of hydrazone groups is 1. The van der Waals surface area contributed by atoms with E-state index in [1.165, 1.54) is 25.2 Å². The van der Waals surface area contributed by atoms with Gasteiger partial charge in [0, 0.05) is 16.7 Å². The summed E-state index contributed by atoms with van der Waals surface area (Å²) in [5.41, 5.74) is 5.43. The van der Waals surface area contributed by atoms with Gasteiger partial charge < -0.3 is 14.2 Å². The third-order valence-corrected chi connectivity index (χ3v) is 5.13. The van der Waals surface area contributed by atoms with E-state index in [2.05, 4.69) is 25.9 Å². The van der Waals surface area contributed by atoms with Crippen LogP contribution in [0.5, 0.6) is 17.2 Å². The lowest BCUT2D eigenvalue weighted by Gasteiger charge is -2.13. The second-order valence-electron chi connectivity index (χ2n) is 7.33. The Morgan fingerprint density at radius 3 is 2.37 bits per heavy atom. The van der Waals surface area contributed by atoms with E-state index in [1.54, 1.807) is 31.4 Å². The SMILES string of the molecule is COc1ccc(/C=N\NC(=O)c2ccc(Cn3nnc(-c4ccccc4)n3)cc2)c(OC)c1OC. The second-order valence-corrected chi connectivity index (χ2v) is 7.33. The monoisotopic (exact) mass is 472 g/mol. The molecule has 0 radical (unpaired) electrons. The van der Waals surface area contributed by atoms with Crippen LogP contribution in [0.25, 0.3) is 11.4 Å². The van der Waals surface area contributed by atoms with Crippen LogP contribution in [0, 0.1) is 0 Å². The molecule has 0 saturated heterocycles. The zero-order chi connectivity index (χ0) is 24.6. The van der Waals surface area contributed by atoms with Gasteiger partial charge in [-0.2, -0.15) is 9.90 Å². The van der Waals surface area contributed by atoms with Crippen molar-refractivity contribution >= 4 is 12.1 Å². The molecular weight excluding hydrogens is 448 g/mol. The number of aromatic nitrogens is 4. The number of ether oxygens (including phenoxy) is 3. The summed E-state index contributed by atoms with van der Waals surface area (Å²) in [6.45, 7) is 0.430. The molecule has 4 aromatic rings. The molecule has 1 N–H and O–H groups in total. The van der Waals surface area contributed by atoms with Crippen molar-refractivity contribution in [2.75, 3.05) is 21.3 Å². The fraction of sp³-hybridized carbons (Fsp3) is 0.160. The molecule has 0 fully saturated rings. The minimum Gasteiger partial charge on any atom is -0.493 e. The Morgan fingerprint density at radius 2 is 1.69 bits per heavy atom. The Balaban J connectivity index is 1.38. The van der Waals surface area contributed by atoms with E-state index in [0.29, 0.717) is 40.7 Å². The van der Waals surface area contributed by atoms with Gasteiger partial charge in [-0.05, 0) is 35.0 Å². The highest BCUT2D eigenvalue weighted by Crippen LogP contribution is 2.38. The maximum absolute atomic E-state index is 12.5. The fourth-order valence-corrected chi connectivity index (χ4v) is 3.39. The summed E-state index contributed by atoms with van der Waals surface area (Å²) < 4.78 is 16.0. The highest BCUT2D eigenvalue weighted by molar-refractivity contribution is 5.95. The van der Waals surface area contributed by atoms with E-state index in [4.69, 9.17) is 14.2 Å². The maximum Gasteiger partial charge on any atom is 0.271 e. The van der Waals surface area contributed by atoms with Crippen LogP contribution >= 0.6 is 0 Å². The Hall–Kier alpha value is -4.73. The Morgan fingerprint density at radius 1 is 0.943 bits per heavy atom. The van der Waals surface area contributed by atoms with Crippen molar-refractivity contribution in [1.82, 2.24) is 25.6 Å². The summed E-state index contributed by atoms with van der Waals surface area (Å²) in [4.78, 5) is 14.0. The molecule has 4 rings (SSSR count). The lowest BCUT2D eigenvalue weighted by Crippen LogP contribution is -2.17. The van der Waals surface area contributed by atoms with Crippen molar-refractivity contribution in [2.45, 2.75) is 6.54 Å². The predicted octanol–water partition coefficient (Wildman–Crippen LogP) is 3.18. The summed E-state index contributed by atoms with van der Waals surface area (Å²) in [6.07, 6.45) is 1.48. The minimum atomic E-state index is -0.350. The zero-order valence-electron chi connectivity index (χ0n) is 19.5. The molecule has 10 nitrogen and oxygen atoms in total. The number of hydrogen-bond acceptors (Lipinski definition) is 8. The van der Waals surface area contributed by atoms with Crippen molar-refractivity contribution in [3.8, 4) is 28.6 Å². The molecule has 0 aliphatic heterocycles. The highest BCUT2D eigenvalue weighted by Gasteiger charge is 2.15. The molecule has 35 heavy (non-hydrogen) atoms. The fourth-order valence-electron chi connectivity index (χ4n) is 3.39. The number of nitrogens with zero attached hydrogens (tertiary/aromatic N) is 5. The molecular formula is C25H24N6O4. The summed E-state index contributed by atoms with van der Waals surface area (Å²) in [5.74, 6) is 1.64. The first kappa shape index (κ1) is 23.4. The first-order valence-electron chi connectivity index (χ1n) is 10.7. The van der Waals surface area contributed by atoms with Crippen LogP contribution in [0.4, 0.5) is 0 Å². The molecule has 0 saturated carbocycles. The third-order valence-electron chi connectivity index (χ3n) is 5.13. The average Bonchev–Trinajstić information content (AvgIpc) is 3.37. The van der Waals surface area contributed by atoms with Gasteiger partial charge in [-0.3, -0.25) is 4.79 Å². The summed E-state index contributed by atoms with van der Waals surface area (Å²) in [7, 11) is 4.58.